The Morgan fingerprint density at radius 1 is 0.763 bits per heavy atom. The Hall–Kier alpha value is -2.80. The maximum atomic E-state index is 13.7. The van der Waals surface area contributed by atoms with Crippen molar-refractivity contribution in [2.24, 2.45) is 5.92 Å². The van der Waals surface area contributed by atoms with Crippen LogP contribution in [0, 0.1) is 17.6 Å². The van der Waals surface area contributed by atoms with Crippen LogP contribution >= 0.6 is 0 Å². The molecule has 3 aliphatic rings. The molecule has 1 N–H and O–H groups in total. The predicted molar refractivity (Wildman–Crippen MR) is 151 cm³/mol. The van der Waals surface area contributed by atoms with Crippen LogP contribution < -0.4 is 5.32 Å². The number of rotatable bonds is 7. The van der Waals surface area contributed by atoms with Crippen LogP contribution in [0.1, 0.15) is 37.4 Å². The Morgan fingerprint density at radius 2 is 1.34 bits per heavy atom. The van der Waals surface area contributed by atoms with E-state index < -0.39 is 0 Å². The van der Waals surface area contributed by atoms with Crippen LogP contribution in [0.15, 0.2) is 83.6 Å². The summed E-state index contributed by atoms with van der Waals surface area (Å²) in [5.74, 6) is 0.0240. The number of hydrogen-bond donors (Lipinski definition) is 1. The summed E-state index contributed by atoms with van der Waals surface area (Å²) in [7, 11) is 0. The van der Waals surface area contributed by atoms with Gasteiger partial charge in [-0.3, -0.25) is 9.80 Å². The standard InChI is InChI=1S/C32H40F2N4/c1-24(2)28-4-3-25(21-31(22-28)37-15-13-35-14-16-37)23-36-17-19-38(20-18-36)32(26-5-9-29(33)10-6-26)27-7-11-30(34)12-8-27/h3-12,22,24,32,35H,13-21,23H2,1-2H3. The molecule has 0 radical (unpaired) electrons. The van der Waals surface area contributed by atoms with Gasteiger partial charge in [0.1, 0.15) is 11.6 Å². The number of hydrogen-bond acceptors (Lipinski definition) is 4. The molecular formula is C32H40F2N4. The first-order chi connectivity index (χ1) is 18.5. The molecule has 0 amide bonds. The molecule has 2 saturated heterocycles. The van der Waals surface area contributed by atoms with Crippen molar-refractivity contribution in [2.75, 3.05) is 58.9 Å². The number of allylic oxidation sites excluding steroid dienone is 5. The smallest absolute Gasteiger partial charge is 0.123 e. The van der Waals surface area contributed by atoms with Gasteiger partial charge in [-0.25, -0.2) is 8.78 Å². The van der Waals surface area contributed by atoms with Gasteiger partial charge in [0.2, 0.25) is 0 Å². The molecule has 0 aromatic heterocycles. The van der Waals surface area contributed by atoms with E-state index in [2.05, 4.69) is 52.1 Å². The molecule has 0 spiro atoms. The molecule has 5 rings (SSSR count). The second-order valence-corrected chi connectivity index (χ2v) is 11.0. The number of nitrogens with one attached hydrogen (secondary N) is 1. The van der Waals surface area contributed by atoms with Gasteiger partial charge in [-0.05, 0) is 53.0 Å². The first kappa shape index (κ1) is 26.8. The molecule has 2 fully saturated rings. The van der Waals surface area contributed by atoms with Gasteiger partial charge in [0.15, 0.2) is 0 Å². The highest BCUT2D eigenvalue weighted by atomic mass is 19.1. The Morgan fingerprint density at radius 3 is 1.89 bits per heavy atom. The highest BCUT2D eigenvalue weighted by Gasteiger charge is 2.27. The van der Waals surface area contributed by atoms with E-state index in [4.69, 9.17) is 0 Å². The fraction of sp³-hybridized carbons (Fsp3) is 0.438. The molecule has 0 atom stereocenters. The van der Waals surface area contributed by atoms with Gasteiger partial charge in [-0.1, -0.05) is 55.8 Å². The van der Waals surface area contributed by atoms with E-state index in [9.17, 15) is 8.78 Å². The first-order valence-corrected chi connectivity index (χ1v) is 14.0. The van der Waals surface area contributed by atoms with Crippen LogP contribution in [0.4, 0.5) is 8.78 Å². The molecule has 0 saturated carbocycles. The van der Waals surface area contributed by atoms with E-state index in [1.54, 1.807) is 0 Å². The van der Waals surface area contributed by atoms with Crippen LogP contribution in [-0.4, -0.2) is 73.6 Å². The molecule has 2 aliphatic heterocycles. The number of halogens is 2. The van der Waals surface area contributed by atoms with Gasteiger partial charge in [-0.2, -0.15) is 0 Å². The minimum absolute atomic E-state index is 0.0192. The van der Waals surface area contributed by atoms with Crippen LogP contribution in [-0.2, 0) is 0 Å². The van der Waals surface area contributed by atoms with Crippen LogP contribution in [0.3, 0.4) is 0 Å². The number of benzene rings is 2. The second kappa shape index (κ2) is 12.4. The third-order valence-corrected chi connectivity index (χ3v) is 8.01. The topological polar surface area (TPSA) is 21.8 Å². The van der Waals surface area contributed by atoms with Crippen LogP contribution in [0.25, 0.3) is 0 Å². The lowest BCUT2D eigenvalue weighted by atomic mass is 9.96. The van der Waals surface area contributed by atoms with Gasteiger partial charge < -0.3 is 10.2 Å². The van der Waals surface area contributed by atoms with Crippen molar-refractivity contribution < 1.29 is 8.78 Å². The van der Waals surface area contributed by atoms with Crippen molar-refractivity contribution >= 4 is 0 Å². The van der Waals surface area contributed by atoms with Gasteiger partial charge in [0.05, 0.1) is 6.04 Å². The molecule has 0 bridgehead atoms. The fourth-order valence-corrected chi connectivity index (χ4v) is 5.79. The Labute approximate surface area is 226 Å². The summed E-state index contributed by atoms with van der Waals surface area (Å²) < 4.78 is 27.4. The molecule has 0 unspecified atom stereocenters. The van der Waals surface area contributed by atoms with E-state index in [-0.39, 0.29) is 17.7 Å². The van der Waals surface area contributed by atoms with Crippen molar-refractivity contribution in [1.82, 2.24) is 20.0 Å². The van der Waals surface area contributed by atoms with Gasteiger partial charge in [0.25, 0.3) is 0 Å². The van der Waals surface area contributed by atoms with Crippen LogP contribution in [0.5, 0.6) is 0 Å². The molecular weight excluding hydrogens is 478 g/mol. The minimum Gasteiger partial charge on any atom is -0.372 e. The Kier molecular flexibility index (Phi) is 8.72. The molecule has 6 heteroatoms. The normalized spacial score (nSPS) is 19.8. The van der Waals surface area contributed by atoms with E-state index in [0.29, 0.717) is 5.92 Å². The van der Waals surface area contributed by atoms with Gasteiger partial charge >= 0.3 is 0 Å². The van der Waals surface area contributed by atoms with Gasteiger partial charge in [-0.15, -0.1) is 0 Å². The van der Waals surface area contributed by atoms with Crippen molar-refractivity contribution in [3.63, 3.8) is 0 Å². The van der Waals surface area contributed by atoms with Crippen molar-refractivity contribution in [3.8, 4) is 0 Å². The second-order valence-electron chi connectivity index (χ2n) is 11.0. The lowest BCUT2D eigenvalue weighted by Crippen LogP contribution is -2.48. The molecule has 1 aliphatic carbocycles. The van der Waals surface area contributed by atoms with E-state index in [1.165, 1.54) is 41.1 Å². The van der Waals surface area contributed by atoms with E-state index in [1.807, 2.05) is 24.3 Å². The molecule has 38 heavy (non-hydrogen) atoms. The van der Waals surface area contributed by atoms with E-state index >= 15 is 0 Å². The van der Waals surface area contributed by atoms with Crippen molar-refractivity contribution in [3.05, 3.63) is 106 Å². The summed E-state index contributed by atoms with van der Waals surface area (Å²) in [6, 6.07) is 13.5. The number of piperazine rings is 2. The maximum absolute atomic E-state index is 13.7. The highest BCUT2D eigenvalue weighted by Crippen LogP contribution is 2.31. The van der Waals surface area contributed by atoms with Crippen molar-refractivity contribution in [2.45, 2.75) is 26.3 Å². The summed E-state index contributed by atoms with van der Waals surface area (Å²) in [5.41, 5.74) is 6.39. The van der Waals surface area contributed by atoms with Crippen LogP contribution in [0.2, 0.25) is 0 Å². The first-order valence-electron chi connectivity index (χ1n) is 14.0. The van der Waals surface area contributed by atoms with E-state index in [0.717, 1.165) is 76.5 Å². The number of nitrogens with zero attached hydrogens (tertiary/aromatic N) is 3. The van der Waals surface area contributed by atoms with Crippen molar-refractivity contribution in [1.29, 1.82) is 0 Å². The zero-order chi connectivity index (χ0) is 26.5. The maximum Gasteiger partial charge on any atom is 0.123 e. The lowest BCUT2D eigenvalue weighted by Gasteiger charge is -2.40. The average molecular weight is 519 g/mol. The Bertz CT molecular complexity index is 1110. The highest BCUT2D eigenvalue weighted by molar-refractivity contribution is 5.37. The molecule has 2 aromatic rings. The summed E-state index contributed by atoms with van der Waals surface area (Å²) in [4.78, 5) is 7.55. The van der Waals surface area contributed by atoms with Gasteiger partial charge in [0, 0.05) is 71.0 Å². The third kappa shape index (κ3) is 6.60. The molecule has 4 nitrogen and oxygen atoms in total. The largest absolute Gasteiger partial charge is 0.372 e. The predicted octanol–water partition coefficient (Wildman–Crippen LogP) is 5.37. The molecule has 2 aromatic carbocycles. The zero-order valence-corrected chi connectivity index (χ0v) is 22.7. The average Bonchev–Trinajstić information content (AvgIpc) is 3.15. The molecule has 202 valence electrons. The fourth-order valence-electron chi connectivity index (χ4n) is 5.79. The zero-order valence-electron chi connectivity index (χ0n) is 22.7. The minimum atomic E-state index is -0.239. The monoisotopic (exact) mass is 518 g/mol. The SMILES string of the molecule is CC(C)C1=CC=C(CN2CCN(C(c3ccc(F)cc3)c3ccc(F)cc3)CC2)CC(N2CCNCC2)=C1. The summed E-state index contributed by atoms with van der Waals surface area (Å²) in [6.45, 7) is 13.5. The summed E-state index contributed by atoms with van der Waals surface area (Å²) >= 11 is 0. The lowest BCUT2D eigenvalue weighted by molar-refractivity contribution is 0.115. The summed E-state index contributed by atoms with van der Waals surface area (Å²) in [5, 5.41) is 3.47. The molecule has 2 heterocycles. The Balaban J connectivity index is 1.27. The third-order valence-electron chi connectivity index (χ3n) is 8.01. The quantitative estimate of drug-likeness (QED) is 0.532. The summed E-state index contributed by atoms with van der Waals surface area (Å²) in [6.07, 6.45) is 8.10.